The van der Waals surface area contributed by atoms with Crippen molar-refractivity contribution in [1.29, 1.82) is 0 Å². The van der Waals surface area contributed by atoms with Crippen molar-refractivity contribution in [3.63, 3.8) is 0 Å². The van der Waals surface area contributed by atoms with E-state index in [4.69, 9.17) is 12.2 Å². The summed E-state index contributed by atoms with van der Waals surface area (Å²) in [5.74, 6) is 0.776. The second-order valence-corrected chi connectivity index (χ2v) is 6.27. The second-order valence-electron chi connectivity index (χ2n) is 5.88. The molecule has 16 heavy (non-hydrogen) atoms. The summed E-state index contributed by atoms with van der Waals surface area (Å²) >= 11 is 5.42. The van der Waals surface area contributed by atoms with Gasteiger partial charge in [0.15, 0.2) is 5.11 Å². The predicted octanol–water partition coefficient (Wildman–Crippen LogP) is 3.03. The third-order valence-electron chi connectivity index (χ3n) is 3.51. The molecular formula is C13H26N2S. The van der Waals surface area contributed by atoms with Gasteiger partial charge < -0.3 is 10.2 Å². The molecule has 1 heterocycles. The fourth-order valence-electron chi connectivity index (χ4n) is 2.14. The average molecular weight is 242 g/mol. The van der Waals surface area contributed by atoms with Crippen LogP contribution in [-0.2, 0) is 0 Å². The zero-order valence-electron chi connectivity index (χ0n) is 11.2. The zero-order chi connectivity index (χ0) is 12.2. The van der Waals surface area contributed by atoms with Crippen molar-refractivity contribution < 1.29 is 0 Å². The van der Waals surface area contributed by atoms with Crippen molar-refractivity contribution in [1.82, 2.24) is 10.2 Å². The minimum Gasteiger partial charge on any atom is -0.363 e. The Kier molecular flexibility index (Phi) is 5.03. The Bertz CT molecular complexity index is 233. The van der Waals surface area contributed by atoms with Gasteiger partial charge in [-0.1, -0.05) is 34.1 Å². The molecule has 1 N–H and O–H groups in total. The van der Waals surface area contributed by atoms with Crippen LogP contribution in [-0.4, -0.2) is 29.6 Å². The van der Waals surface area contributed by atoms with Crippen LogP contribution in [0.15, 0.2) is 0 Å². The minimum absolute atomic E-state index is 0.410. The standard InChI is InChI=1S/C13H26N2S/c1-5-6-8-14-12(16)15-9-7-11(10-15)13(2,3)4/h11H,5-10H2,1-4H3,(H,14,16). The number of nitrogens with zero attached hydrogens (tertiary/aromatic N) is 1. The molecule has 1 saturated heterocycles. The Morgan fingerprint density at radius 2 is 2.12 bits per heavy atom. The number of hydrogen-bond acceptors (Lipinski definition) is 1. The van der Waals surface area contributed by atoms with E-state index in [1.807, 2.05) is 0 Å². The number of hydrogen-bond donors (Lipinski definition) is 1. The first-order valence-electron chi connectivity index (χ1n) is 6.48. The summed E-state index contributed by atoms with van der Waals surface area (Å²) in [5, 5.41) is 4.31. The smallest absolute Gasteiger partial charge is 0.168 e. The van der Waals surface area contributed by atoms with Gasteiger partial charge in [0.25, 0.3) is 0 Å². The number of thiocarbonyl (C=S) groups is 1. The van der Waals surface area contributed by atoms with Gasteiger partial charge in [0.2, 0.25) is 0 Å². The quantitative estimate of drug-likeness (QED) is 0.605. The third-order valence-corrected chi connectivity index (χ3v) is 3.91. The Hall–Kier alpha value is -0.310. The normalized spacial score (nSPS) is 21.2. The van der Waals surface area contributed by atoms with Crippen molar-refractivity contribution in [2.75, 3.05) is 19.6 Å². The maximum absolute atomic E-state index is 5.42. The molecule has 3 heteroatoms. The summed E-state index contributed by atoms with van der Waals surface area (Å²) in [6.07, 6.45) is 3.70. The molecule has 1 aliphatic rings. The van der Waals surface area contributed by atoms with Gasteiger partial charge in [-0.3, -0.25) is 0 Å². The molecule has 0 aromatic carbocycles. The first-order chi connectivity index (χ1) is 7.45. The van der Waals surface area contributed by atoms with E-state index in [0.717, 1.165) is 30.7 Å². The molecule has 2 nitrogen and oxygen atoms in total. The molecule has 1 rings (SSSR count). The van der Waals surface area contributed by atoms with E-state index in [-0.39, 0.29) is 0 Å². The van der Waals surface area contributed by atoms with E-state index >= 15 is 0 Å². The zero-order valence-corrected chi connectivity index (χ0v) is 12.0. The van der Waals surface area contributed by atoms with Crippen LogP contribution in [0, 0.1) is 11.3 Å². The molecule has 0 aliphatic carbocycles. The fraction of sp³-hybridized carbons (Fsp3) is 0.923. The molecule has 1 aliphatic heterocycles. The number of nitrogens with one attached hydrogen (secondary N) is 1. The molecule has 1 atom stereocenters. The summed E-state index contributed by atoms with van der Waals surface area (Å²) in [6, 6.07) is 0. The van der Waals surface area contributed by atoms with Crippen molar-refractivity contribution in [3.8, 4) is 0 Å². The highest BCUT2D eigenvalue weighted by atomic mass is 32.1. The highest BCUT2D eigenvalue weighted by Crippen LogP contribution is 2.33. The van der Waals surface area contributed by atoms with E-state index in [1.165, 1.54) is 19.3 Å². The Labute approximate surface area is 106 Å². The lowest BCUT2D eigenvalue weighted by Crippen LogP contribution is -2.39. The van der Waals surface area contributed by atoms with Crippen molar-refractivity contribution in [2.45, 2.75) is 47.0 Å². The van der Waals surface area contributed by atoms with E-state index in [2.05, 4.69) is 37.9 Å². The summed E-state index contributed by atoms with van der Waals surface area (Å²) in [5.41, 5.74) is 0.410. The second kappa shape index (κ2) is 5.85. The first-order valence-corrected chi connectivity index (χ1v) is 6.88. The molecule has 0 aromatic heterocycles. The van der Waals surface area contributed by atoms with Gasteiger partial charge in [-0.2, -0.15) is 0 Å². The Morgan fingerprint density at radius 3 is 2.62 bits per heavy atom. The molecule has 1 fully saturated rings. The topological polar surface area (TPSA) is 15.3 Å². The van der Waals surface area contributed by atoms with Gasteiger partial charge >= 0.3 is 0 Å². The predicted molar refractivity (Wildman–Crippen MR) is 74.6 cm³/mol. The van der Waals surface area contributed by atoms with Gasteiger partial charge in [0, 0.05) is 19.6 Å². The van der Waals surface area contributed by atoms with Crippen molar-refractivity contribution in [2.24, 2.45) is 11.3 Å². The summed E-state index contributed by atoms with van der Waals surface area (Å²) in [6.45, 7) is 12.5. The maximum atomic E-state index is 5.42. The van der Waals surface area contributed by atoms with E-state index < -0.39 is 0 Å². The van der Waals surface area contributed by atoms with E-state index in [9.17, 15) is 0 Å². The molecule has 94 valence electrons. The van der Waals surface area contributed by atoms with Crippen LogP contribution in [0.5, 0.6) is 0 Å². The molecular weight excluding hydrogens is 216 g/mol. The van der Waals surface area contributed by atoms with Gasteiger partial charge in [0.05, 0.1) is 0 Å². The lowest BCUT2D eigenvalue weighted by molar-refractivity contribution is 0.250. The van der Waals surface area contributed by atoms with Crippen LogP contribution in [0.1, 0.15) is 47.0 Å². The first kappa shape index (κ1) is 13.8. The van der Waals surface area contributed by atoms with Gasteiger partial charge in [-0.25, -0.2) is 0 Å². The summed E-state index contributed by atoms with van der Waals surface area (Å²) < 4.78 is 0. The van der Waals surface area contributed by atoms with Crippen molar-refractivity contribution >= 4 is 17.3 Å². The van der Waals surface area contributed by atoms with Gasteiger partial charge in [-0.05, 0) is 36.4 Å². The lowest BCUT2D eigenvalue weighted by atomic mass is 9.80. The Morgan fingerprint density at radius 1 is 1.44 bits per heavy atom. The average Bonchev–Trinajstić information content (AvgIpc) is 2.66. The van der Waals surface area contributed by atoms with Crippen LogP contribution < -0.4 is 5.32 Å². The number of likely N-dealkylation sites (tertiary alicyclic amines) is 1. The van der Waals surface area contributed by atoms with Gasteiger partial charge in [-0.15, -0.1) is 0 Å². The molecule has 0 aromatic rings. The lowest BCUT2D eigenvalue weighted by Gasteiger charge is -2.27. The highest BCUT2D eigenvalue weighted by Gasteiger charge is 2.32. The monoisotopic (exact) mass is 242 g/mol. The van der Waals surface area contributed by atoms with Crippen LogP contribution in [0.4, 0.5) is 0 Å². The maximum Gasteiger partial charge on any atom is 0.168 e. The van der Waals surface area contributed by atoms with E-state index in [0.29, 0.717) is 5.41 Å². The van der Waals surface area contributed by atoms with Crippen LogP contribution >= 0.6 is 12.2 Å². The molecule has 1 unspecified atom stereocenters. The largest absolute Gasteiger partial charge is 0.363 e. The molecule has 0 bridgehead atoms. The molecule has 0 amide bonds. The molecule has 0 saturated carbocycles. The molecule has 0 radical (unpaired) electrons. The summed E-state index contributed by atoms with van der Waals surface area (Å²) in [4.78, 5) is 2.33. The van der Waals surface area contributed by atoms with Crippen LogP contribution in [0.25, 0.3) is 0 Å². The highest BCUT2D eigenvalue weighted by molar-refractivity contribution is 7.80. The summed E-state index contributed by atoms with van der Waals surface area (Å²) in [7, 11) is 0. The van der Waals surface area contributed by atoms with Crippen LogP contribution in [0.3, 0.4) is 0 Å². The Balaban J connectivity index is 2.32. The SMILES string of the molecule is CCCCNC(=S)N1CCC(C(C)(C)C)C1. The molecule has 0 spiro atoms. The minimum atomic E-state index is 0.410. The van der Waals surface area contributed by atoms with Gasteiger partial charge in [0.1, 0.15) is 0 Å². The number of unbranched alkanes of at least 4 members (excludes halogenated alkanes) is 1. The number of rotatable bonds is 3. The van der Waals surface area contributed by atoms with E-state index in [1.54, 1.807) is 0 Å². The fourth-order valence-corrected chi connectivity index (χ4v) is 2.40. The van der Waals surface area contributed by atoms with Crippen LogP contribution in [0.2, 0.25) is 0 Å². The third kappa shape index (κ3) is 3.93. The van der Waals surface area contributed by atoms with Crippen molar-refractivity contribution in [3.05, 3.63) is 0 Å².